The molecule has 3 aliphatic heterocycles. The molecule has 0 spiro atoms. The number of fused-ring (bicyclic) bond motifs is 5. The van der Waals surface area contributed by atoms with Crippen LogP contribution in [0.1, 0.15) is 106 Å². The number of hydrogen-bond acceptors (Lipinski definition) is 18. The molecule has 9 amide bonds. The van der Waals surface area contributed by atoms with Crippen molar-refractivity contribution < 1.29 is 94.4 Å². The van der Waals surface area contributed by atoms with E-state index in [2.05, 4.69) is 26.6 Å². The van der Waals surface area contributed by atoms with E-state index in [1.54, 1.807) is 51.1 Å². The van der Waals surface area contributed by atoms with E-state index in [1.807, 2.05) is 5.32 Å². The summed E-state index contributed by atoms with van der Waals surface area (Å²) in [6, 6.07) is 6.16. The maximum atomic E-state index is 15.5. The highest BCUT2D eigenvalue weighted by Gasteiger charge is 2.49. The van der Waals surface area contributed by atoms with Gasteiger partial charge in [0.2, 0.25) is 35.6 Å². The van der Waals surface area contributed by atoms with E-state index in [0.29, 0.717) is 27.0 Å². The van der Waals surface area contributed by atoms with Crippen LogP contribution in [0.4, 0.5) is 22.4 Å². The van der Waals surface area contributed by atoms with Gasteiger partial charge in [0.05, 0.1) is 61.2 Å². The number of benzene rings is 2. The van der Waals surface area contributed by atoms with Crippen molar-refractivity contribution in [2.45, 2.75) is 141 Å². The number of cyclic esters (lactones) is 1. The molecule has 92 heavy (non-hydrogen) atoms. The van der Waals surface area contributed by atoms with Crippen LogP contribution in [0.2, 0.25) is 0 Å². The second-order valence-corrected chi connectivity index (χ2v) is 24.1. The number of carbonyl (C=O) groups is 11. The summed E-state index contributed by atoms with van der Waals surface area (Å²) in [6.07, 6.45) is -8.30. The lowest BCUT2D eigenvalue weighted by molar-refractivity contribution is -0.220. The second kappa shape index (κ2) is 27.0. The number of carbonyl (C=O) groups excluding carboxylic acids is 11. The van der Waals surface area contributed by atoms with Crippen LogP contribution >= 0.6 is 0 Å². The van der Waals surface area contributed by atoms with Gasteiger partial charge in [-0.2, -0.15) is 13.2 Å². The molecule has 27 nitrogen and oxygen atoms in total. The number of nitrogens with zero attached hydrogens (tertiary/aromatic N) is 4. The number of esters is 2. The molecule has 5 atom stereocenters. The van der Waals surface area contributed by atoms with Crippen LogP contribution in [0.15, 0.2) is 59.4 Å². The largest absolute Gasteiger partial charge is 0.459 e. The summed E-state index contributed by atoms with van der Waals surface area (Å²) in [6.45, 7) is 6.25. The number of imide groups is 1. The van der Waals surface area contributed by atoms with Crippen LogP contribution in [0.5, 0.6) is 0 Å². The van der Waals surface area contributed by atoms with Gasteiger partial charge < -0.3 is 60.5 Å². The number of rotatable bonds is 22. The van der Waals surface area contributed by atoms with E-state index < -0.39 is 170 Å². The average molecular weight is 1290 g/mol. The predicted octanol–water partition coefficient (Wildman–Crippen LogP) is 1.60. The molecule has 5 heterocycles. The number of aryl methyl sites for hydroxylation is 1. The van der Waals surface area contributed by atoms with Crippen LogP contribution in [-0.2, 0) is 98.5 Å². The summed E-state index contributed by atoms with van der Waals surface area (Å²) in [4.78, 5) is 165. The topological polar surface area (TPSA) is 358 Å². The molecule has 0 fully saturated rings. The Hall–Kier alpha value is -9.65. The summed E-state index contributed by atoms with van der Waals surface area (Å²) in [7, 11) is 0. The molecule has 0 unspecified atom stereocenters. The minimum absolute atomic E-state index is 0.00638. The van der Waals surface area contributed by atoms with E-state index in [1.165, 1.54) is 45.3 Å². The fraction of sp³-hybridized carbons (Fsp3) is 0.459. The zero-order valence-corrected chi connectivity index (χ0v) is 51.3. The SMILES string of the molecule is CC[C@@]1(O)C(=O)OCc2c1cc1n(c2=O)Cc2c-1nc1cc(F)c(C)c3c1c2[C@@H](NC(=O)[C@H](OCNC(=O)CNC(=O)[C@H](Cc1ccccc1)NC(=O)CNC(=O)CNC(=O)[C@H](CN(CC(=O)OC(C)(C)C)C(=O)OC(C)(C)C)N1C(=O)C=CC1=O)C(F)(F)F)CC3. The van der Waals surface area contributed by atoms with Gasteiger partial charge in [-0.25, -0.2) is 19.0 Å². The molecule has 8 rings (SSSR count). The summed E-state index contributed by atoms with van der Waals surface area (Å²) >= 11 is 0. The van der Waals surface area contributed by atoms with Gasteiger partial charge in [0.25, 0.3) is 23.3 Å². The Bertz CT molecular complexity index is 3770. The monoisotopic (exact) mass is 1290 g/mol. The number of ether oxygens (including phenoxy) is 4. The first kappa shape index (κ1) is 68.3. The molecule has 7 N–H and O–H groups in total. The Morgan fingerprint density at radius 3 is 2.08 bits per heavy atom. The number of amides is 9. The Labute approximate surface area is 522 Å². The molecule has 2 aromatic carbocycles. The number of aliphatic hydroxyl groups is 1. The van der Waals surface area contributed by atoms with Crippen LogP contribution in [0, 0.1) is 12.7 Å². The maximum absolute atomic E-state index is 15.5. The van der Waals surface area contributed by atoms with Gasteiger partial charge in [0.15, 0.2) is 5.60 Å². The minimum Gasteiger partial charge on any atom is -0.459 e. The van der Waals surface area contributed by atoms with Crippen molar-refractivity contribution >= 4 is 76.2 Å². The summed E-state index contributed by atoms with van der Waals surface area (Å²) in [5.41, 5.74) is -2.93. The molecule has 0 saturated carbocycles. The fourth-order valence-corrected chi connectivity index (χ4v) is 10.9. The number of alkyl halides is 3. The summed E-state index contributed by atoms with van der Waals surface area (Å²) in [5.74, 6) is -11.4. The maximum Gasteiger partial charge on any atom is 0.423 e. The number of pyridine rings is 2. The molecule has 0 saturated heterocycles. The van der Waals surface area contributed by atoms with Crippen molar-refractivity contribution in [3.8, 4) is 11.4 Å². The molecule has 492 valence electrons. The lowest BCUT2D eigenvalue weighted by Gasteiger charge is -2.32. The predicted molar refractivity (Wildman–Crippen MR) is 312 cm³/mol. The molecular weight excluding hydrogens is 1220 g/mol. The van der Waals surface area contributed by atoms with Crippen molar-refractivity contribution in [3.63, 3.8) is 0 Å². The van der Waals surface area contributed by atoms with Crippen LogP contribution in [0.3, 0.4) is 0 Å². The van der Waals surface area contributed by atoms with Crippen LogP contribution in [-0.4, -0.2) is 165 Å². The third-order valence-electron chi connectivity index (χ3n) is 15.2. The quantitative estimate of drug-likeness (QED) is 0.0170. The Kier molecular flexibility index (Phi) is 20.1. The fourth-order valence-electron chi connectivity index (χ4n) is 10.9. The van der Waals surface area contributed by atoms with Gasteiger partial charge in [-0.1, -0.05) is 37.3 Å². The van der Waals surface area contributed by atoms with Crippen molar-refractivity contribution in [3.05, 3.63) is 110 Å². The van der Waals surface area contributed by atoms with Gasteiger partial charge in [0.1, 0.15) is 49.0 Å². The summed E-state index contributed by atoms with van der Waals surface area (Å²) in [5, 5.41) is 25.3. The first-order chi connectivity index (χ1) is 43.1. The van der Waals surface area contributed by atoms with E-state index in [4.69, 9.17) is 23.9 Å². The van der Waals surface area contributed by atoms with E-state index in [-0.39, 0.29) is 71.4 Å². The van der Waals surface area contributed by atoms with Gasteiger partial charge in [-0.15, -0.1) is 0 Å². The molecular formula is C61H68F4N10O17. The zero-order valence-electron chi connectivity index (χ0n) is 51.3. The summed E-state index contributed by atoms with van der Waals surface area (Å²) < 4.78 is 81.9. The highest BCUT2D eigenvalue weighted by atomic mass is 19.4. The second-order valence-electron chi connectivity index (χ2n) is 24.1. The smallest absolute Gasteiger partial charge is 0.423 e. The highest BCUT2D eigenvalue weighted by Crippen LogP contribution is 2.46. The Balaban J connectivity index is 0.881. The van der Waals surface area contributed by atoms with Crippen molar-refractivity contribution in [2.24, 2.45) is 0 Å². The van der Waals surface area contributed by atoms with E-state index in [0.717, 1.165) is 23.1 Å². The zero-order chi connectivity index (χ0) is 67.5. The third kappa shape index (κ3) is 15.4. The average Bonchev–Trinajstić information content (AvgIpc) is 1.46. The first-order valence-corrected chi connectivity index (χ1v) is 29.1. The van der Waals surface area contributed by atoms with Crippen LogP contribution in [0.25, 0.3) is 22.3 Å². The molecule has 2 aromatic heterocycles. The van der Waals surface area contributed by atoms with Crippen molar-refractivity contribution in [1.82, 2.24) is 51.3 Å². The Morgan fingerprint density at radius 1 is 0.815 bits per heavy atom. The van der Waals surface area contributed by atoms with E-state index >= 15 is 4.39 Å². The molecule has 31 heteroatoms. The minimum atomic E-state index is -5.38. The lowest BCUT2D eigenvalue weighted by Crippen LogP contribution is -2.57. The number of hydrogen-bond donors (Lipinski definition) is 7. The number of aromatic nitrogens is 2. The molecule has 4 aliphatic rings. The van der Waals surface area contributed by atoms with Gasteiger partial charge in [-0.05, 0) is 96.0 Å². The Morgan fingerprint density at radius 2 is 1.45 bits per heavy atom. The number of halogens is 4. The van der Waals surface area contributed by atoms with Crippen LogP contribution < -0.4 is 37.5 Å². The molecule has 4 aromatic rings. The molecule has 1 aliphatic carbocycles. The normalized spacial score (nSPS) is 17.5. The standard InChI is InChI=1S/C61H68F4N10O17/c1-9-60(88)35-20-40-50-33(25-74(40)55(85)34(35)28-89-56(60)86)49-37(16-15-32-30(2)36(62)21-38(71-50)48(32)49)72-54(84)51(61(63,64)65)90-29-69-43(77)23-67-52(82)39(19-31-13-11-10-12-14-31)70-44(78)24-66-42(76)22-68-53(83)41(75-45(79)17-18-46(75)80)26-73(57(87)92-59(6,7)8)27-47(81)91-58(3,4)5/h10-14,17-18,20-21,37,39,41,51,88H,9,15-16,19,22-29H2,1-8H3,(H,66,76)(H,67,82)(H,68,83)(H,69,77)(H,70,78)(H,72,84)/t37-,39-,41-,51-,60-/m0/s1. The van der Waals surface area contributed by atoms with Gasteiger partial charge in [0, 0.05) is 41.2 Å². The van der Waals surface area contributed by atoms with Gasteiger partial charge >= 0.3 is 24.2 Å². The highest BCUT2D eigenvalue weighted by molar-refractivity contribution is 6.15. The third-order valence-corrected chi connectivity index (χ3v) is 15.2. The first-order valence-electron chi connectivity index (χ1n) is 29.1. The molecule has 0 radical (unpaired) electrons. The van der Waals surface area contributed by atoms with Crippen molar-refractivity contribution in [2.75, 3.05) is 39.5 Å². The molecule has 0 bridgehead atoms. The lowest BCUT2D eigenvalue weighted by atomic mass is 9.81. The number of nitrogens with one attached hydrogen (secondary N) is 6. The van der Waals surface area contributed by atoms with Gasteiger partial charge in [-0.3, -0.25) is 57.7 Å². The van der Waals surface area contributed by atoms with Crippen molar-refractivity contribution in [1.29, 1.82) is 0 Å². The van der Waals surface area contributed by atoms with E-state index in [9.17, 15) is 75.8 Å².